The monoisotopic (exact) mass is 449 g/mol. The lowest BCUT2D eigenvalue weighted by atomic mass is 9.99. The lowest BCUT2D eigenvalue weighted by Gasteiger charge is -2.13. The van der Waals surface area contributed by atoms with Crippen molar-refractivity contribution < 1.29 is 0 Å². The fraction of sp³-hybridized carbons (Fsp3) is 0. The first-order valence-electron chi connectivity index (χ1n) is 11.6. The van der Waals surface area contributed by atoms with Crippen LogP contribution in [0.2, 0.25) is 0 Å². The summed E-state index contributed by atoms with van der Waals surface area (Å²) >= 11 is 1.92. The summed E-state index contributed by atoms with van der Waals surface area (Å²) in [7, 11) is 0. The summed E-state index contributed by atoms with van der Waals surface area (Å²) in [6, 6.07) is 42.0. The summed E-state index contributed by atoms with van der Waals surface area (Å²) in [4.78, 5) is 0. The summed E-state index contributed by atoms with van der Waals surface area (Å²) in [6.45, 7) is 0. The van der Waals surface area contributed by atoms with Crippen LogP contribution in [0.15, 0.2) is 115 Å². The highest BCUT2D eigenvalue weighted by Crippen LogP contribution is 2.48. The van der Waals surface area contributed by atoms with Crippen molar-refractivity contribution in [2.24, 2.45) is 0 Å². The summed E-state index contributed by atoms with van der Waals surface area (Å²) < 4.78 is 5.22. The molecule has 2 heterocycles. The normalized spacial score (nSPS) is 12.1. The Morgan fingerprint density at radius 2 is 1.12 bits per heavy atom. The summed E-state index contributed by atoms with van der Waals surface area (Å²) in [6.07, 6.45) is 0. The lowest BCUT2D eigenvalue weighted by Crippen LogP contribution is -1.96. The number of nitrogens with zero attached hydrogens (tertiary/aromatic N) is 1. The SMILES string of the molecule is c1ccc2c(-n3c4ccccc4c4c5sc6ccccc6c5c5ccccc5c43)cccc2c1. The second-order valence-corrected chi connectivity index (χ2v) is 9.97. The second kappa shape index (κ2) is 6.69. The van der Waals surface area contributed by atoms with Crippen LogP contribution in [-0.4, -0.2) is 4.57 Å². The minimum absolute atomic E-state index is 1.23. The summed E-state index contributed by atoms with van der Waals surface area (Å²) in [5.41, 5.74) is 3.78. The Morgan fingerprint density at radius 1 is 0.471 bits per heavy atom. The standard InChI is InChI=1S/C32H19NS/c1-2-12-21-20(10-1)11-9-18-26(21)33-27-17-7-5-15-24(27)30-31(33)23-14-4-3-13-22(23)29-25-16-6-8-19-28(25)34-32(29)30/h1-19H. The van der Waals surface area contributed by atoms with Gasteiger partial charge in [-0.25, -0.2) is 0 Å². The van der Waals surface area contributed by atoms with Crippen LogP contribution in [0.3, 0.4) is 0 Å². The zero-order chi connectivity index (χ0) is 22.2. The molecule has 0 saturated heterocycles. The maximum absolute atomic E-state index is 2.50. The molecule has 0 atom stereocenters. The molecule has 0 bridgehead atoms. The highest BCUT2D eigenvalue weighted by molar-refractivity contribution is 7.27. The maximum atomic E-state index is 2.50. The molecule has 0 radical (unpaired) electrons. The van der Waals surface area contributed by atoms with Gasteiger partial charge in [0.05, 0.1) is 16.7 Å². The minimum Gasteiger partial charge on any atom is -0.308 e. The molecule has 2 aromatic heterocycles. The fourth-order valence-corrected chi connectivity index (χ4v) is 7.05. The smallest absolute Gasteiger partial charge is 0.0634 e. The van der Waals surface area contributed by atoms with E-state index in [2.05, 4.69) is 120 Å². The molecule has 0 unspecified atom stereocenters. The van der Waals surface area contributed by atoms with Crippen molar-refractivity contribution in [1.29, 1.82) is 0 Å². The number of rotatable bonds is 1. The van der Waals surface area contributed by atoms with E-state index in [4.69, 9.17) is 0 Å². The Balaban J connectivity index is 1.73. The van der Waals surface area contributed by atoms with Crippen LogP contribution in [0.5, 0.6) is 0 Å². The van der Waals surface area contributed by atoms with E-state index in [1.165, 1.54) is 69.2 Å². The van der Waals surface area contributed by atoms with Crippen LogP contribution in [-0.2, 0) is 0 Å². The van der Waals surface area contributed by atoms with E-state index < -0.39 is 0 Å². The van der Waals surface area contributed by atoms with Crippen molar-refractivity contribution in [2.75, 3.05) is 0 Å². The third-order valence-electron chi connectivity index (χ3n) is 7.16. The van der Waals surface area contributed by atoms with Gasteiger partial charge in [-0.3, -0.25) is 0 Å². The molecule has 0 aliphatic heterocycles. The number of thiophene rings is 1. The van der Waals surface area contributed by atoms with Gasteiger partial charge >= 0.3 is 0 Å². The number of benzene rings is 6. The number of hydrogen-bond acceptors (Lipinski definition) is 1. The third-order valence-corrected chi connectivity index (χ3v) is 8.34. The molecule has 0 N–H and O–H groups in total. The number of fused-ring (bicyclic) bond motifs is 11. The van der Waals surface area contributed by atoms with Gasteiger partial charge in [-0.15, -0.1) is 11.3 Å². The summed E-state index contributed by atoms with van der Waals surface area (Å²) in [5, 5.41) is 10.6. The zero-order valence-electron chi connectivity index (χ0n) is 18.3. The Morgan fingerprint density at radius 3 is 2.00 bits per heavy atom. The molecule has 1 nitrogen and oxygen atoms in total. The van der Waals surface area contributed by atoms with Gasteiger partial charge in [-0.05, 0) is 29.0 Å². The average molecular weight is 450 g/mol. The first kappa shape index (κ1) is 18.3. The van der Waals surface area contributed by atoms with Gasteiger partial charge < -0.3 is 4.57 Å². The van der Waals surface area contributed by atoms with E-state index in [0.717, 1.165) is 0 Å². The van der Waals surface area contributed by atoms with Gasteiger partial charge in [-0.2, -0.15) is 0 Å². The Labute approximate surface area is 200 Å². The van der Waals surface area contributed by atoms with Crippen LogP contribution in [0, 0.1) is 0 Å². The lowest BCUT2D eigenvalue weighted by molar-refractivity contribution is 1.20. The number of hydrogen-bond donors (Lipinski definition) is 0. The number of para-hydroxylation sites is 1. The van der Waals surface area contributed by atoms with Crippen LogP contribution >= 0.6 is 11.3 Å². The van der Waals surface area contributed by atoms with E-state index >= 15 is 0 Å². The van der Waals surface area contributed by atoms with Crippen LogP contribution in [0.25, 0.3) is 69.2 Å². The predicted molar refractivity (Wildman–Crippen MR) is 149 cm³/mol. The first-order valence-corrected chi connectivity index (χ1v) is 12.4. The van der Waals surface area contributed by atoms with Gasteiger partial charge in [-0.1, -0.05) is 97.1 Å². The largest absolute Gasteiger partial charge is 0.308 e. The Bertz CT molecular complexity index is 2070. The van der Waals surface area contributed by atoms with E-state index in [1.807, 2.05) is 11.3 Å². The minimum atomic E-state index is 1.23. The van der Waals surface area contributed by atoms with Crippen LogP contribution < -0.4 is 0 Å². The molecule has 0 aliphatic carbocycles. The van der Waals surface area contributed by atoms with E-state index in [1.54, 1.807) is 0 Å². The van der Waals surface area contributed by atoms with Gasteiger partial charge in [0.15, 0.2) is 0 Å². The van der Waals surface area contributed by atoms with Gasteiger partial charge in [0, 0.05) is 41.7 Å². The molecular formula is C32H19NS. The van der Waals surface area contributed by atoms with E-state index in [0.29, 0.717) is 0 Å². The molecule has 8 aromatic rings. The first-order chi connectivity index (χ1) is 16.9. The Kier molecular flexibility index (Phi) is 3.60. The highest BCUT2D eigenvalue weighted by atomic mass is 32.1. The van der Waals surface area contributed by atoms with Crippen LogP contribution in [0.1, 0.15) is 0 Å². The van der Waals surface area contributed by atoms with Gasteiger partial charge in [0.1, 0.15) is 0 Å². The number of aromatic nitrogens is 1. The second-order valence-electron chi connectivity index (χ2n) is 8.92. The molecule has 0 fully saturated rings. The molecular weight excluding hydrogens is 430 g/mol. The predicted octanol–water partition coefficient (Wildman–Crippen LogP) is 9.46. The van der Waals surface area contributed by atoms with Gasteiger partial charge in [0.25, 0.3) is 0 Å². The topological polar surface area (TPSA) is 4.93 Å². The molecule has 0 spiro atoms. The molecule has 34 heavy (non-hydrogen) atoms. The molecule has 6 aromatic carbocycles. The van der Waals surface area contributed by atoms with Crippen molar-refractivity contribution in [3.63, 3.8) is 0 Å². The molecule has 0 amide bonds. The quantitative estimate of drug-likeness (QED) is 0.235. The molecule has 8 rings (SSSR count). The average Bonchev–Trinajstić information content (AvgIpc) is 3.45. The highest BCUT2D eigenvalue weighted by Gasteiger charge is 2.21. The van der Waals surface area contributed by atoms with Gasteiger partial charge in [0.2, 0.25) is 0 Å². The van der Waals surface area contributed by atoms with Crippen LogP contribution in [0.4, 0.5) is 0 Å². The molecule has 0 aliphatic rings. The van der Waals surface area contributed by atoms with Crippen molar-refractivity contribution >= 4 is 74.9 Å². The molecule has 2 heteroatoms. The third kappa shape index (κ3) is 2.28. The van der Waals surface area contributed by atoms with Crippen molar-refractivity contribution in [3.05, 3.63) is 115 Å². The molecule has 0 saturated carbocycles. The van der Waals surface area contributed by atoms with E-state index in [9.17, 15) is 0 Å². The van der Waals surface area contributed by atoms with E-state index in [-0.39, 0.29) is 0 Å². The Hall–Kier alpha value is -4.14. The van der Waals surface area contributed by atoms with Crippen molar-refractivity contribution in [2.45, 2.75) is 0 Å². The fourth-order valence-electron chi connectivity index (χ4n) is 5.77. The van der Waals surface area contributed by atoms with Crippen molar-refractivity contribution in [3.8, 4) is 5.69 Å². The van der Waals surface area contributed by atoms with Crippen molar-refractivity contribution in [1.82, 2.24) is 4.57 Å². The summed E-state index contributed by atoms with van der Waals surface area (Å²) in [5.74, 6) is 0. The maximum Gasteiger partial charge on any atom is 0.0634 e. The molecule has 158 valence electrons. The zero-order valence-corrected chi connectivity index (χ0v) is 19.1.